The number of carbonyl (C=O) groups is 1. The van der Waals surface area contributed by atoms with Crippen molar-refractivity contribution in [2.45, 2.75) is 6.36 Å². The highest BCUT2D eigenvalue weighted by Crippen LogP contribution is 2.37. The molecular weight excluding hydrogens is 270 g/mol. The molecule has 0 fully saturated rings. The Morgan fingerprint density at radius 2 is 1.94 bits per heavy atom. The summed E-state index contributed by atoms with van der Waals surface area (Å²) in [5.74, 6) is -0.675. The number of hydrogen-bond acceptors (Lipinski definition) is 2. The van der Waals surface area contributed by atoms with E-state index in [1.54, 1.807) is 0 Å². The molecule has 0 aromatic heterocycles. The van der Waals surface area contributed by atoms with Crippen molar-refractivity contribution in [3.63, 3.8) is 0 Å². The van der Waals surface area contributed by atoms with Crippen molar-refractivity contribution < 1.29 is 22.7 Å². The zero-order chi connectivity index (χ0) is 12.3. The highest BCUT2D eigenvalue weighted by molar-refractivity contribution is 6.43. The second-order valence-corrected chi connectivity index (χ2v) is 3.37. The first kappa shape index (κ1) is 12.9. The quantitative estimate of drug-likeness (QED) is 0.857. The van der Waals surface area contributed by atoms with Gasteiger partial charge in [0.2, 0.25) is 6.41 Å². The highest BCUT2D eigenvalue weighted by atomic mass is 35.5. The molecule has 1 aromatic rings. The first-order chi connectivity index (χ1) is 7.33. The fourth-order valence-electron chi connectivity index (χ4n) is 0.914. The lowest BCUT2D eigenvalue weighted by Crippen LogP contribution is -2.17. The minimum Gasteiger partial charge on any atom is -0.404 e. The van der Waals surface area contributed by atoms with Gasteiger partial charge in [-0.3, -0.25) is 4.79 Å². The fraction of sp³-hybridized carbons (Fsp3) is 0.125. The van der Waals surface area contributed by atoms with Crippen molar-refractivity contribution in [1.82, 2.24) is 0 Å². The summed E-state index contributed by atoms with van der Waals surface area (Å²) in [5, 5.41) is 1.59. The van der Waals surface area contributed by atoms with Crippen molar-refractivity contribution >= 4 is 35.3 Å². The lowest BCUT2D eigenvalue weighted by Gasteiger charge is -2.12. The standard InChI is InChI=1S/C8H4Cl2F3NO2/c9-5-1-4(14-3-15)2-6(7(5)10)16-8(11,12)13/h1-3H,(H,14,15). The van der Waals surface area contributed by atoms with E-state index in [-0.39, 0.29) is 22.1 Å². The van der Waals surface area contributed by atoms with Crippen LogP contribution in [0.1, 0.15) is 0 Å². The highest BCUT2D eigenvalue weighted by Gasteiger charge is 2.32. The summed E-state index contributed by atoms with van der Waals surface area (Å²) in [6.07, 6.45) is -4.59. The Hall–Kier alpha value is -1.14. The molecule has 1 rings (SSSR count). The first-order valence-corrected chi connectivity index (χ1v) is 4.54. The summed E-state index contributed by atoms with van der Waals surface area (Å²) < 4.78 is 39.5. The molecule has 88 valence electrons. The lowest BCUT2D eigenvalue weighted by atomic mass is 10.3. The van der Waals surface area contributed by atoms with Crippen LogP contribution in [0.25, 0.3) is 0 Å². The Morgan fingerprint density at radius 3 is 2.44 bits per heavy atom. The Bertz CT molecular complexity index is 409. The maximum atomic E-state index is 12.0. The van der Waals surface area contributed by atoms with E-state index < -0.39 is 12.1 Å². The third kappa shape index (κ3) is 3.46. The van der Waals surface area contributed by atoms with Crippen LogP contribution in [-0.2, 0) is 4.79 Å². The number of amides is 1. The topological polar surface area (TPSA) is 38.3 Å². The average molecular weight is 274 g/mol. The minimum atomic E-state index is -4.88. The monoisotopic (exact) mass is 273 g/mol. The molecule has 0 radical (unpaired) electrons. The van der Waals surface area contributed by atoms with E-state index in [0.29, 0.717) is 0 Å². The molecule has 8 heteroatoms. The summed E-state index contributed by atoms with van der Waals surface area (Å²) in [4.78, 5) is 10.1. The maximum absolute atomic E-state index is 12.0. The van der Waals surface area contributed by atoms with Crippen molar-refractivity contribution in [2.75, 3.05) is 5.32 Å². The average Bonchev–Trinajstić information content (AvgIpc) is 2.11. The molecule has 0 spiro atoms. The number of alkyl halides is 3. The molecule has 0 saturated heterocycles. The summed E-state index contributed by atoms with van der Waals surface area (Å²) >= 11 is 11.0. The van der Waals surface area contributed by atoms with Gasteiger partial charge in [-0.15, -0.1) is 13.2 Å². The molecule has 16 heavy (non-hydrogen) atoms. The molecule has 1 aromatic carbocycles. The Kier molecular flexibility index (Phi) is 3.88. The predicted octanol–water partition coefficient (Wildman–Crippen LogP) is 3.46. The number of hydrogen-bond donors (Lipinski definition) is 1. The largest absolute Gasteiger partial charge is 0.573 e. The summed E-state index contributed by atoms with van der Waals surface area (Å²) in [5.41, 5.74) is 0.0450. The van der Waals surface area contributed by atoms with Gasteiger partial charge in [0.15, 0.2) is 5.75 Å². The molecule has 0 bridgehead atoms. The normalized spacial score (nSPS) is 11.1. The van der Waals surface area contributed by atoms with Gasteiger partial charge in [-0.2, -0.15) is 0 Å². The molecule has 0 aliphatic heterocycles. The van der Waals surface area contributed by atoms with E-state index in [0.717, 1.165) is 6.07 Å². The van der Waals surface area contributed by atoms with Gasteiger partial charge in [0.1, 0.15) is 5.02 Å². The third-order valence-electron chi connectivity index (χ3n) is 1.45. The molecule has 1 N–H and O–H groups in total. The number of nitrogens with one attached hydrogen (secondary N) is 1. The molecule has 0 aliphatic rings. The van der Waals surface area contributed by atoms with Gasteiger partial charge < -0.3 is 10.1 Å². The van der Waals surface area contributed by atoms with Crippen LogP contribution in [0, 0.1) is 0 Å². The molecule has 1 amide bonds. The molecular formula is C8H4Cl2F3NO2. The summed E-state index contributed by atoms with van der Waals surface area (Å²) in [6, 6.07) is 2.11. The van der Waals surface area contributed by atoms with E-state index in [1.807, 2.05) is 0 Å². The number of rotatable bonds is 3. The van der Waals surface area contributed by atoms with E-state index >= 15 is 0 Å². The lowest BCUT2D eigenvalue weighted by molar-refractivity contribution is -0.274. The second kappa shape index (κ2) is 4.80. The van der Waals surface area contributed by atoms with E-state index in [1.165, 1.54) is 6.07 Å². The molecule has 3 nitrogen and oxygen atoms in total. The van der Waals surface area contributed by atoms with Crippen molar-refractivity contribution in [3.05, 3.63) is 22.2 Å². The van der Waals surface area contributed by atoms with Crippen LogP contribution in [0.15, 0.2) is 12.1 Å². The first-order valence-electron chi connectivity index (χ1n) is 3.78. The number of carbonyl (C=O) groups excluding carboxylic acids is 1. The second-order valence-electron chi connectivity index (χ2n) is 2.58. The molecule has 0 unspecified atom stereocenters. The van der Waals surface area contributed by atoms with Gasteiger partial charge in [0, 0.05) is 11.8 Å². The van der Waals surface area contributed by atoms with Gasteiger partial charge in [-0.05, 0) is 6.07 Å². The van der Waals surface area contributed by atoms with Crippen LogP contribution in [0.4, 0.5) is 18.9 Å². The molecule has 0 saturated carbocycles. The van der Waals surface area contributed by atoms with Crippen LogP contribution in [0.5, 0.6) is 5.75 Å². The molecule has 0 atom stereocenters. The van der Waals surface area contributed by atoms with Crippen molar-refractivity contribution in [1.29, 1.82) is 0 Å². The van der Waals surface area contributed by atoms with Crippen LogP contribution >= 0.6 is 23.2 Å². The Balaban J connectivity index is 3.11. The Morgan fingerprint density at radius 1 is 1.31 bits per heavy atom. The van der Waals surface area contributed by atoms with E-state index in [9.17, 15) is 18.0 Å². The van der Waals surface area contributed by atoms with Crippen LogP contribution < -0.4 is 10.1 Å². The van der Waals surface area contributed by atoms with E-state index in [2.05, 4.69) is 10.1 Å². The van der Waals surface area contributed by atoms with Gasteiger partial charge >= 0.3 is 6.36 Å². The van der Waals surface area contributed by atoms with Crippen molar-refractivity contribution in [3.8, 4) is 5.75 Å². The summed E-state index contributed by atoms with van der Waals surface area (Å²) in [6.45, 7) is 0. The fourth-order valence-corrected chi connectivity index (χ4v) is 1.27. The van der Waals surface area contributed by atoms with Crippen molar-refractivity contribution in [2.24, 2.45) is 0 Å². The predicted molar refractivity (Wildman–Crippen MR) is 52.8 cm³/mol. The van der Waals surface area contributed by atoms with Crippen LogP contribution in [0.2, 0.25) is 10.0 Å². The number of benzene rings is 1. The van der Waals surface area contributed by atoms with Crippen LogP contribution in [0.3, 0.4) is 0 Å². The zero-order valence-corrected chi connectivity index (χ0v) is 8.95. The smallest absolute Gasteiger partial charge is 0.404 e. The third-order valence-corrected chi connectivity index (χ3v) is 2.23. The van der Waals surface area contributed by atoms with Crippen LogP contribution in [-0.4, -0.2) is 12.8 Å². The van der Waals surface area contributed by atoms with Gasteiger partial charge in [0.05, 0.1) is 5.02 Å². The molecule has 0 heterocycles. The number of ether oxygens (including phenoxy) is 1. The van der Waals surface area contributed by atoms with E-state index in [4.69, 9.17) is 23.2 Å². The zero-order valence-electron chi connectivity index (χ0n) is 7.44. The van der Waals surface area contributed by atoms with Gasteiger partial charge in [-0.25, -0.2) is 0 Å². The minimum absolute atomic E-state index is 0.0450. The van der Waals surface area contributed by atoms with Gasteiger partial charge in [-0.1, -0.05) is 23.2 Å². The maximum Gasteiger partial charge on any atom is 0.573 e. The van der Waals surface area contributed by atoms with Gasteiger partial charge in [0.25, 0.3) is 0 Å². The Labute approximate surface area is 98.1 Å². The SMILES string of the molecule is O=CNc1cc(Cl)c(Cl)c(OC(F)(F)F)c1. The summed E-state index contributed by atoms with van der Waals surface area (Å²) in [7, 11) is 0. The number of anilines is 1. The molecule has 0 aliphatic carbocycles. The number of halogens is 5.